The number of halogens is 2. The van der Waals surface area contributed by atoms with Crippen LogP contribution in [0.25, 0.3) is 0 Å². The summed E-state index contributed by atoms with van der Waals surface area (Å²) in [5.74, 6) is 0.183. The molecule has 2 rings (SSSR count). The van der Waals surface area contributed by atoms with Crippen molar-refractivity contribution in [3.63, 3.8) is 0 Å². The molecule has 21 heavy (non-hydrogen) atoms. The summed E-state index contributed by atoms with van der Waals surface area (Å²) in [6.07, 6.45) is 5.09. The largest absolute Gasteiger partial charge is 0.483 e. The molecule has 0 unspecified atom stereocenters. The molecule has 0 bridgehead atoms. The molecule has 0 radical (unpaired) electrons. The third-order valence-corrected chi connectivity index (χ3v) is 4.17. The number of hydrogen-bond acceptors (Lipinski definition) is 4. The van der Waals surface area contributed by atoms with Gasteiger partial charge in [0.2, 0.25) is 0 Å². The van der Waals surface area contributed by atoms with E-state index in [-0.39, 0.29) is 39.8 Å². The van der Waals surface area contributed by atoms with Gasteiger partial charge in [0.15, 0.2) is 11.5 Å². The Balaban J connectivity index is 2.02. The van der Waals surface area contributed by atoms with Crippen molar-refractivity contribution in [2.45, 2.75) is 32.1 Å². The van der Waals surface area contributed by atoms with Gasteiger partial charge in [-0.05, 0) is 12.8 Å². The van der Waals surface area contributed by atoms with Crippen molar-refractivity contribution < 1.29 is 14.5 Å². The summed E-state index contributed by atoms with van der Waals surface area (Å²) < 4.78 is 5.38. The van der Waals surface area contributed by atoms with Crippen LogP contribution in [0.4, 0.5) is 5.69 Å². The van der Waals surface area contributed by atoms with Gasteiger partial charge >= 0.3 is 0 Å². The molecule has 0 aliphatic heterocycles. The second-order valence-electron chi connectivity index (χ2n) is 5.09. The normalized spacial score (nSPS) is 15.7. The quantitative estimate of drug-likeness (QED) is 0.591. The van der Waals surface area contributed by atoms with Gasteiger partial charge in [0.25, 0.3) is 5.69 Å². The number of nitro benzene ring substituents is 1. The fraction of sp³-hybridized carbons (Fsp3) is 0.500. The number of nitrogens with zero attached hydrogens (tertiary/aromatic N) is 1. The average Bonchev–Trinajstić information content (AvgIpc) is 2.46. The smallest absolute Gasteiger partial charge is 0.272 e. The molecular formula is C14H15Cl2NO4. The number of carbonyl (C=O) groups excluding carboxylic acids is 1. The minimum Gasteiger partial charge on any atom is -0.483 e. The molecule has 114 valence electrons. The van der Waals surface area contributed by atoms with E-state index in [1.165, 1.54) is 6.42 Å². The monoisotopic (exact) mass is 331 g/mol. The lowest BCUT2D eigenvalue weighted by Gasteiger charge is -2.20. The summed E-state index contributed by atoms with van der Waals surface area (Å²) >= 11 is 11.8. The zero-order chi connectivity index (χ0) is 15.4. The Hall–Kier alpha value is -1.33. The number of non-ortho nitro benzene ring substituents is 1. The Labute approximate surface area is 132 Å². The third kappa shape index (κ3) is 4.08. The number of ether oxygens (including phenoxy) is 1. The second-order valence-corrected chi connectivity index (χ2v) is 5.90. The van der Waals surface area contributed by atoms with Crippen LogP contribution in [0.1, 0.15) is 32.1 Å². The van der Waals surface area contributed by atoms with Gasteiger partial charge in [0.05, 0.1) is 15.0 Å². The van der Waals surface area contributed by atoms with Crippen LogP contribution < -0.4 is 4.74 Å². The molecule has 1 fully saturated rings. The maximum Gasteiger partial charge on any atom is 0.272 e. The fourth-order valence-electron chi connectivity index (χ4n) is 2.48. The van der Waals surface area contributed by atoms with Gasteiger partial charge < -0.3 is 4.74 Å². The molecule has 0 aromatic heterocycles. The number of rotatable bonds is 5. The fourth-order valence-corrected chi connectivity index (χ4v) is 3.06. The molecule has 1 saturated carbocycles. The van der Waals surface area contributed by atoms with Crippen molar-refractivity contribution in [1.29, 1.82) is 0 Å². The Bertz CT molecular complexity index is 533. The Kier molecular flexibility index (Phi) is 5.42. The molecule has 0 atom stereocenters. The number of Topliss-reactive ketones (excluding diaryl/α,β-unsaturated/α-hetero) is 1. The van der Waals surface area contributed by atoms with Crippen LogP contribution in [0.3, 0.4) is 0 Å². The summed E-state index contributed by atoms with van der Waals surface area (Å²) in [4.78, 5) is 22.1. The van der Waals surface area contributed by atoms with Crippen molar-refractivity contribution in [3.05, 3.63) is 32.3 Å². The Morgan fingerprint density at radius 2 is 1.81 bits per heavy atom. The minimum absolute atomic E-state index is 0.0280. The third-order valence-electron chi connectivity index (χ3n) is 3.61. The van der Waals surface area contributed by atoms with Crippen LogP contribution in [0.5, 0.6) is 5.75 Å². The summed E-state index contributed by atoms with van der Waals surface area (Å²) in [6, 6.07) is 2.32. The summed E-state index contributed by atoms with van der Waals surface area (Å²) in [5.41, 5.74) is -0.212. The van der Waals surface area contributed by atoms with Crippen LogP contribution in [-0.2, 0) is 4.79 Å². The Morgan fingerprint density at radius 3 is 2.33 bits per heavy atom. The van der Waals surface area contributed by atoms with E-state index >= 15 is 0 Å². The molecule has 5 nitrogen and oxygen atoms in total. The van der Waals surface area contributed by atoms with E-state index in [2.05, 4.69) is 0 Å². The number of nitro groups is 1. The lowest BCUT2D eigenvalue weighted by atomic mass is 9.86. The van der Waals surface area contributed by atoms with Gasteiger partial charge in [-0.1, -0.05) is 42.5 Å². The predicted molar refractivity (Wildman–Crippen MR) is 80.2 cm³/mol. The topological polar surface area (TPSA) is 69.4 Å². The molecule has 7 heteroatoms. The summed E-state index contributed by atoms with van der Waals surface area (Å²) in [6.45, 7) is -0.109. The highest BCUT2D eigenvalue weighted by atomic mass is 35.5. The van der Waals surface area contributed by atoms with Crippen LogP contribution in [0, 0.1) is 16.0 Å². The van der Waals surface area contributed by atoms with Gasteiger partial charge in [0, 0.05) is 18.1 Å². The van der Waals surface area contributed by atoms with E-state index in [0.29, 0.717) is 0 Å². The lowest BCUT2D eigenvalue weighted by molar-refractivity contribution is -0.384. The second kappa shape index (κ2) is 7.09. The van der Waals surface area contributed by atoms with E-state index < -0.39 is 4.92 Å². The molecule has 1 aromatic rings. The first-order chi connectivity index (χ1) is 9.99. The van der Waals surface area contributed by atoms with Crippen molar-refractivity contribution in [2.75, 3.05) is 6.61 Å². The zero-order valence-electron chi connectivity index (χ0n) is 11.3. The van der Waals surface area contributed by atoms with Gasteiger partial charge in [-0.3, -0.25) is 14.9 Å². The molecule has 0 amide bonds. The standard InChI is InChI=1S/C14H15Cl2NO4/c15-11-6-10(17(19)20)7-12(16)14(11)21-8-13(18)9-4-2-1-3-5-9/h6-7,9H,1-5,8H2. The van der Waals surface area contributed by atoms with E-state index in [0.717, 1.165) is 37.8 Å². The summed E-state index contributed by atoms with van der Waals surface area (Å²) in [5, 5.41) is 10.7. The van der Waals surface area contributed by atoms with Crippen molar-refractivity contribution in [2.24, 2.45) is 5.92 Å². The highest BCUT2D eigenvalue weighted by Crippen LogP contribution is 2.37. The highest BCUT2D eigenvalue weighted by Gasteiger charge is 2.23. The van der Waals surface area contributed by atoms with Crippen LogP contribution in [0.2, 0.25) is 10.0 Å². The van der Waals surface area contributed by atoms with Gasteiger partial charge in [0.1, 0.15) is 6.61 Å². The van der Waals surface area contributed by atoms with Crippen molar-refractivity contribution in [1.82, 2.24) is 0 Å². The van der Waals surface area contributed by atoms with Crippen molar-refractivity contribution in [3.8, 4) is 5.75 Å². The Morgan fingerprint density at radius 1 is 1.24 bits per heavy atom. The number of hydrogen-bond donors (Lipinski definition) is 0. The predicted octanol–water partition coefficient (Wildman–Crippen LogP) is 4.43. The van der Waals surface area contributed by atoms with Gasteiger partial charge in [-0.25, -0.2) is 0 Å². The average molecular weight is 332 g/mol. The van der Waals surface area contributed by atoms with E-state index in [1.54, 1.807) is 0 Å². The number of benzene rings is 1. The summed E-state index contributed by atoms with van der Waals surface area (Å²) in [7, 11) is 0. The van der Waals surface area contributed by atoms with Crippen LogP contribution in [-0.4, -0.2) is 17.3 Å². The maximum atomic E-state index is 12.0. The number of ketones is 1. The minimum atomic E-state index is -0.589. The van der Waals surface area contributed by atoms with Crippen LogP contribution >= 0.6 is 23.2 Å². The maximum absolute atomic E-state index is 12.0. The van der Waals surface area contributed by atoms with Crippen molar-refractivity contribution >= 4 is 34.7 Å². The lowest BCUT2D eigenvalue weighted by Crippen LogP contribution is -2.23. The molecule has 0 spiro atoms. The molecule has 0 N–H and O–H groups in total. The molecule has 1 aliphatic carbocycles. The van der Waals surface area contributed by atoms with E-state index in [4.69, 9.17) is 27.9 Å². The highest BCUT2D eigenvalue weighted by molar-refractivity contribution is 6.37. The molecule has 0 saturated heterocycles. The van der Waals surface area contributed by atoms with E-state index in [9.17, 15) is 14.9 Å². The molecule has 1 aliphatic rings. The first-order valence-electron chi connectivity index (χ1n) is 6.78. The van der Waals surface area contributed by atoms with Gasteiger partial charge in [-0.15, -0.1) is 0 Å². The molecule has 1 aromatic carbocycles. The SMILES string of the molecule is O=C(COc1c(Cl)cc([N+](=O)[O-])cc1Cl)C1CCCCC1. The van der Waals surface area contributed by atoms with E-state index in [1.807, 2.05) is 0 Å². The molecular weight excluding hydrogens is 317 g/mol. The zero-order valence-corrected chi connectivity index (χ0v) is 12.8. The first kappa shape index (κ1) is 16.0. The van der Waals surface area contributed by atoms with Crippen LogP contribution in [0.15, 0.2) is 12.1 Å². The number of carbonyl (C=O) groups is 1. The van der Waals surface area contributed by atoms with Gasteiger partial charge in [-0.2, -0.15) is 0 Å². The molecule has 0 heterocycles. The first-order valence-corrected chi connectivity index (χ1v) is 7.53.